The smallest absolute Gasteiger partial charge is 0.0963 e. The van der Waals surface area contributed by atoms with Gasteiger partial charge < -0.3 is 10.5 Å². The molecule has 1 saturated heterocycles. The Bertz CT molecular complexity index is 240. The number of ether oxygens (including phenoxy) is 1. The zero-order chi connectivity index (χ0) is 12.2. The average Bonchev–Trinajstić information content (AvgIpc) is 2.20. The zero-order valence-corrected chi connectivity index (χ0v) is 10.8. The van der Waals surface area contributed by atoms with Crippen LogP contribution in [0.2, 0.25) is 0 Å². The fourth-order valence-corrected chi connectivity index (χ4v) is 1.95. The average molecular weight is 227 g/mol. The van der Waals surface area contributed by atoms with Crippen molar-refractivity contribution in [3.63, 3.8) is 0 Å². The largest absolute Gasteiger partial charge is 0.387 e. The van der Waals surface area contributed by atoms with Crippen molar-refractivity contribution in [2.75, 3.05) is 26.3 Å². The van der Waals surface area contributed by atoms with Crippen LogP contribution < -0.4 is 5.73 Å². The van der Waals surface area contributed by atoms with E-state index < -0.39 is 0 Å². The second-order valence-corrected chi connectivity index (χ2v) is 5.36. The Morgan fingerprint density at radius 1 is 1.56 bits per heavy atom. The van der Waals surface area contributed by atoms with Crippen molar-refractivity contribution < 1.29 is 4.74 Å². The molecular weight excluding hydrogens is 202 g/mol. The van der Waals surface area contributed by atoms with E-state index in [0.717, 1.165) is 39.1 Å². The van der Waals surface area contributed by atoms with Crippen LogP contribution in [0.3, 0.4) is 0 Å². The SMILES string of the molecule is CC1COCCN1CCCC(C)(C)C(=N)N. The Morgan fingerprint density at radius 2 is 2.25 bits per heavy atom. The molecule has 94 valence electrons. The maximum absolute atomic E-state index is 7.50. The summed E-state index contributed by atoms with van der Waals surface area (Å²) in [6.45, 7) is 10.1. The molecule has 0 bridgehead atoms. The molecule has 0 spiro atoms. The molecule has 0 saturated carbocycles. The topological polar surface area (TPSA) is 62.3 Å². The van der Waals surface area contributed by atoms with Crippen LogP contribution >= 0.6 is 0 Å². The molecule has 3 N–H and O–H groups in total. The predicted octanol–water partition coefficient (Wildman–Crippen LogP) is 1.45. The second-order valence-electron chi connectivity index (χ2n) is 5.36. The van der Waals surface area contributed by atoms with E-state index in [0.29, 0.717) is 11.9 Å². The number of nitrogens with one attached hydrogen (secondary N) is 1. The Hall–Kier alpha value is -0.610. The van der Waals surface area contributed by atoms with Crippen LogP contribution in [0.25, 0.3) is 0 Å². The van der Waals surface area contributed by atoms with Crippen LogP contribution in [0.5, 0.6) is 0 Å². The Labute approximate surface area is 98.6 Å². The van der Waals surface area contributed by atoms with E-state index in [1.807, 2.05) is 13.8 Å². The van der Waals surface area contributed by atoms with E-state index >= 15 is 0 Å². The minimum absolute atomic E-state index is 0.157. The number of amidine groups is 1. The first-order valence-electron chi connectivity index (χ1n) is 6.10. The van der Waals surface area contributed by atoms with Gasteiger partial charge in [0.15, 0.2) is 0 Å². The number of morpholine rings is 1. The van der Waals surface area contributed by atoms with E-state index in [2.05, 4.69) is 11.8 Å². The molecule has 16 heavy (non-hydrogen) atoms. The lowest BCUT2D eigenvalue weighted by Gasteiger charge is -2.34. The van der Waals surface area contributed by atoms with Gasteiger partial charge in [0.25, 0.3) is 0 Å². The molecule has 4 heteroatoms. The zero-order valence-electron chi connectivity index (χ0n) is 10.8. The van der Waals surface area contributed by atoms with Gasteiger partial charge in [-0.15, -0.1) is 0 Å². The van der Waals surface area contributed by atoms with E-state index in [9.17, 15) is 0 Å². The quantitative estimate of drug-likeness (QED) is 0.552. The lowest BCUT2D eigenvalue weighted by molar-refractivity contribution is -0.00146. The van der Waals surface area contributed by atoms with Crippen molar-refractivity contribution in [2.24, 2.45) is 11.1 Å². The number of nitrogens with two attached hydrogens (primary N) is 1. The van der Waals surface area contributed by atoms with Gasteiger partial charge in [0, 0.05) is 18.0 Å². The molecule has 1 aliphatic heterocycles. The summed E-state index contributed by atoms with van der Waals surface area (Å²) in [7, 11) is 0. The van der Waals surface area contributed by atoms with Gasteiger partial charge in [-0.25, -0.2) is 0 Å². The maximum atomic E-state index is 7.50. The van der Waals surface area contributed by atoms with Gasteiger partial charge in [0.05, 0.1) is 19.0 Å². The lowest BCUT2D eigenvalue weighted by atomic mass is 9.86. The maximum Gasteiger partial charge on any atom is 0.0963 e. The highest BCUT2D eigenvalue weighted by Gasteiger charge is 2.23. The van der Waals surface area contributed by atoms with E-state index in [-0.39, 0.29) is 5.41 Å². The fourth-order valence-electron chi connectivity index (χ4n) is 1.95. The summed E-state index contributed by atoms with van der Waals surface area (Å²) in [6, 6.07) is 0.522. The van der Waals surface area contributed by atoms with Crippen LogP contribution in [-0.4, -0.2) is 43.1 Å². The summed E-state index contributed by atoms with van der Waals surface area (Å²) in [6.07, 6.45) is 2.07. The van der Waals surface area contributed by atoms with Gasteiger partial charge in [-0.3, -0.25) is 10.3 Å². The second kappa shape index (κ2) is 5.64. The third-order valence-corrected chi connectivity index (χ3v) is 3.48. The summed E-state index contributed by atoms with van der Waals surface area (Å²) in [4.78, 5) is 2.46. The third kappa shape index (κ3) is 3.76. The number of hydrogen-bond acceptors (Lipinski definition) is 3. The fraction of sp³-hybridized carbons (Fsp3) is 0.917. The molecule has 0 aliphatic carbocycles. The van der Waals surface area contributed by atoms with Crippen LogP contribution in [0, 0.1) is 10.8 Å². The Morgan fingerprint density at radius 3 is 2.81 bits per heavy atom. The summed E-state index contributed by atoms with van der Waals surface area (Å²) >= 11 is 0. The molecule has 0 amide bonds. The molecule has 1 heterocycles. The molecule has 1 atom stereocenters. The van der Waals surface area contributed by atoms with E-state index in [1.54, 1.807) is 0 Å². The summed E-state index contributed by atoms with van der Waals surface area (Å²) in [5.74, 6) is 0.294. The van der Waals surface area contributed by atoms with Crippen LogP contribution in [0.4, 0.5) is 0 Å². The van der Waals surface area contributed by atoms with Crippen molar-refractivity contribution in [3.8, 4) is 0 Å². The molecule has 0 aromatic carbocycles. The van der Waals surface area contributed by atoms with E-state index in [1.165, 1.54) is 0 Å². The van der Waals surface area contributed by atoms with Crippen LogP contribution in [0.1, 0.15) is 33.6 Å². The summed E-state index contributed by atoms with van der Waals surface area (Å²) in [5.41, 5.74) is 5.41. The number of nitrogens with zero attached hydrogens (tertiary/aromatic N) is 1. The van der Waals surface area contributed by atoms with Gasteiger partial charge in [-0.2, -0.15) is 0 Å². The highest BCUT2D eigenvalue weighted by Crippen LogP contribution is 2.22. The monoisotopic (exact) mass is 227 g/mol. The van der Waals surface area contributed by atoms with Crippen molar-refractivity contribution in [2.45, 2.75) is 39.7 Å². The summed E-state index contributed by atoms with van der Waals surface area (Å²) < 4.78 is 5.40. The molecule has 1 rings (SSSR count). The van der Waals surface area contributed by atoms with Gasteiger partial charge in [0.1, 0.15) is 0 Å². The van der Waals surface area contributed by atoms with Crippen molar-refractivity contribution in [1.29, 1.82) is 5.41 Å². The number of rotatable bonds is 5. The van der Waals surface area contributed by atoms with Gasteiger partial charge in [0.2, 0.25) is 0 Å². The first kappa shape index (κ1) is 13.5. The Kier molecular flexibility index (Phi) is 4.74. The minimum atomic E-state index is -0.157. The van der Waals surface area contributed by atoms with Gasteiger partial charge in [-0.05, 0) is 26.3 Å². The summed E-state index contributed by atoms with van der Waals surface area (Å²) in [5, 5.41) is 7.50. The van der Waals surface area contributed by atoms with Gasteiger partial charge >= 0.3 is 0 Å². The molecule has 1 aliphatic rings. The van der Waals surface area contributed by atoms with Crippen molar-refractivity contribution >= 4 is 5.84 Å². The van der Waals surface area contributed by atoms with Crippen molar-refractivity contribution in [1.82, 2.24) is 4.90 Å². The molecule has 0 radical (unpaired) electrons. The molecule has 1 fully saturated rings. The van der Waals surface area contributed by atoms with E-state index in [4.69, 9.17) is 15.9 Å². The normalized spacial score (nSPS) is 23.3. The highest BCUT2D eigenvalue weighted by molar-refractivity contribution is 5.82. The van der Waals surface area contributed by atoms with Crippen molar-refractivity contribution in [3.05, 3.63) is 0 Å². The standard InChI is InChI=1S/C12H25N3O/c1-10-9-16-8-7-15(10)6-4-5-12(2,3)11(13)14/h10H,4-9H2,1-3H3,(H3,13,14). The third-order valence-electron chi connectivity index (χ3n) is 3.48. The van der Waals surface area contributed by atoms with Crippen LogP contribution in [0.15, 0.2) is 0 Å². The molecule has 4 nitrogen and oxygen atoms in total. The molecule has 0 aromatic rings. The molecule has 0 aromatic heterocycles. The first-order valence-corrected chi connectivity index (χ1v) is 6.10. The minimum Gasteiger partial charge on any atom is -0.387 e. The molecular formula is C12H25N3O. The van der Waals surface area contributed by atoms with Crippen LogP contribution in [-0.2, 0) is 4.74 Å². The predicted molar refractivity (Wildman–Crippen MR) is 66.8 cm³/mol. The number of hydrogen-bond donors (Lipinski definition) is 2. The molecule has 1 unspecified atom stereocenters. The first-order chi connectivity index (χ1) is 7.43. The highest BCUT2D eigenvalue weighted by atomic mass is 16.5. The Balaban J connectivity index is 2.26. The van der Waals surface area contributed by atoms with Gasteiger partial charge in [-0.1, -0.05) is 13.8 Å². The lowest BCUT2D eigenvalue weighted by Crippen LogP contribution is -2.44.